The molecule has 3 aliphatic rings. The van der Waals surface area contributed by atoms with Crippen LogP contribution in [0.2, 0.25) is 0 Å². The van der Waals surface area contributed by atoms with Crippen molar-refractivity contribution < 1.29 is 18.4 Å². The highest BCUT2D eigenvalue weighted by atomic mass is 19.1. The molecule has 1 saturated carbocycles. The highest BCUT2D eigenvalue weighted by molar-refractivity contribution is 5.88. The maximum atomic E-state index is 14.0. The van der Waals surface area contributed by atoms with Gasteiger partial charge in [0.2, 0.25) is 0 Å². The molecule has 4 heterocycles. The van der Waals surface area contributed by atoms with Crippen molar-refractivity contribution in [2.75, 3.05) is 31.6 Å². The lowest BCUT2D eigenvalue weighted by molar-refractivity contribution is -0.139. The molecule has 0 spiro atoms. The first kappa shape index (κ1) is 17.5. The number of alkyl halides is 1. The van der Waals surface area contributed by atoms with Crippen molar-refractivity contribution in [2.24, 2.45) is 0 Å². The number of aromatic nitrogens is 3. The van der Waals surface area contributed by atoms with E-state index >= 15 is 0 Å². The fraction of sp³-hybridized carbons (Fsp3) is 0.579. The van der Waals surface area contributed by atoms with E-state index in [1.54, 1.807) is 11.1 Å². The summed E-state index contributed by atoms with van der Waals surface area (Å²) in [5.41, 5.74) is -0.789. The zero-order valence-electron chi connectivity index (χ0n) is 15.4. The van der Waals surface area contributed by atoms with Crippen molar-refractivity contribution in [3.05, 3.63) is 24.2 Å². The molecule has 1 amide bonds. The van der Waals surface area contributed by atoms with Crippen LogP contribution in [0.1, 0.15) is 37.4 Å². The van der Waals surface area contributed by atoms with E-state index in [-0.39, 0.29) is 17.9 Å². The van der Waals surface area contributed by atoms with Gasteiger partial charge in [-0.2, -0.15) is 4.98 Å². The number of carbonyl (C=O) groups is 1. The van der Waals surface area contributed by atoms with E-state index < -0.39 is 5.67 Å². The fourth-order valence-corrected chi connectivity index (χ4v) is 3.64. The minimum atomic E-state index is -1.59. The summed E-state index contributed by atoms with van der Waals surface area (Å²) < 4.78 is 24.6. The van der Waals surface area contributed by atoms with E-state index in [1.165, 1.54) is 0 Å². The van der Waals surface area contributed by atoms with Gasteiger partial charge in [-0.3, -0.25) is 4.79 Å². The van der Waals surface area contributed by atoms with Gasteiger partial charge in [0, 0.05) is 30.8 Å². The molecule has 3 fully saturated rings. The van der Waals surface area contributed by atoms with Gasteiger partial charge in [-0.25, -0.2) is 9.37 Å². The number of rotatable bonds is 5. The van der Waals surface area contributed by atoms with Gasteiger partial charge in [0.05, 0.1) is 19.3 Å². The molecule has 8 nitrogen and oxygen atoms in total. The molecule has 0 atom stereocenters. The molecular formula is C19H22FN5O3. The van der Waals surface area contributed by atoms with Gasteiger partial charge in [0.25, 0.3) is 11.8 Å². The Balaban J connectivity index is 1.23. The number of halogens is 1. The first-order valence-corrected chi connectivity index (χ1v) is 9.73. The molecule has 2 saturated heterocycles. The summed E-state index contributed by atoms with van der Waals surface area (Å²) >= 11 is 0. The van der Waals surface area contributed by atoms with E-state index in [0.29, 0.717) is 63.7 Å². The number of pyridine rings is 1. The SMILES string of the molecule is O=C(N1CCC(c2noc(-c3ccnc(NC4COC4)c3)n2)CC1)C1(F)CC1. The number of hydrogen-bond donors (Lipinski definition) is 1. The van der Waals surface area contributed by atoms with Crippen molar-refractivity contribution in [1.29, 1.82) is 0 Å². The van der Waals surface area contributed by atoms with E-state index in [0.717, 1.165) is 11.4 Å². The van der Waals surface area contributed by atoms with Crippen LogP contribution in [0.15, 0.2) is 22.9 Å². The van der Waals surface area contributed by atoms with E-state index in [2.05, 4.69) is 20.4 Å². The van der Waals surface area contributed by atoms with Crippen LogP contribution in [0.3, 0.4) is 0 Å². The van der Waals surface area contributed by atoms with Crippen molar-refractivity contribution in [3.63, 3.8) is 0 Å². The average Bonchev–Trinajstić information content (AvgIpc) is 3.26. The Morgan fingerprint density at radius 2 is 2.07 bits per heavy atom. The van der Waals surface area contributed by atoms with Crippen LogP contribution in [0.5, 0.6) is 0 Å². The summed E-state index contributed by atoms with van der Waals surface area (Å²) in [7, 11) is 0. The first-order chi connectivity index (χ1) is 13.6. The number of amides is 1. The summed E-state index contributed by atoms with van der Waals surface area (Å²) in [6.07, 6.45) is 3.85. The quantitative estimate of drug-likeness (QED) is 0.840. The Hall–Kier alpha value is -2.55. The number of nitrogens with zero attached hydrogens (tertiary/aromatic N) is 4. The predicted molar refractivity (Wildman–Crippen MR) is 97.4 cm³/mol. The van der Waals surface area contributed by atoms with Gasteiger partial charge in [-0.1, -0.05) is 5.16 Å². The summed E-state index contributed by atoms with van der Waals surface area (Å²) in [6, 6.07) is 4.00. The molecule has 148 valence electrons. The van der Waals surface area contributed by atoms with Crippen molar-refractivity contribution in [1.82, 2.24) is 20.0 Å². The number of likely N-dealkylation sites (tertiary alicyclic amines) is 1. The monoisotopic (exact) mass is 387 g/mol. The fourth-order valence-electron chi connectivity index (χ4n) is 3.64. The van der Waals surface area contributed by atoms with Gasteiger partial charge < -0.3 is 19.5 Å². The number of carbonyl (C=O) groups excluding carboxylic acids is 1. The summed E-state index contributed by atoms with van der Waals surface area (Å²) in [4.78, 5) is 22.6. The Labute approximate surface area is 161 Å². The molecule has 0 aromatic carbocycles. The Morgan fingerprint density at radius 3 is 2.75 bits per heavy atom. The second-order valence-corrected chi connectivity index (χ2v) is 7.80. The third-order valence-corrected chi connectivity index (χ3v) is 5.66. The van der Waals surface area contributed by atoms with Crippen molar-refractivity contribution >= 4 is 11.7 Å². The zero-order valence-corrected chi connectivity index (χ0v) is 15.4. The lowest BCUT2D eigenvalue weighted by atomic mass is 9.96. The molecule has 5 rings (SSSR count). The normalized spacial score (nSPS) is 22.0. The lowest BCUT2D eigenvalue weighted by Gasteiger charge is -2.31. The number of piperidine rings is 1. The Bertz CT molecular complexity index is 872. The predicted octanol–water partition coefficient (Wildman–Crippen LogP) is 2.15. The molecule has 0 unspecified atom stereocenters. The van der Waals surface area contributed by atoms with Crippen LogP contribution < -0.4 is 5.32 Å². The Kier molecular flexibility index (Phi) is 4.26. The second-order valence-electron chi connectivity index (χ2n) is 7.80. The standard InChI is InChI=1S/C19H22FN5O3/c20-19(4-5-19)18(26)25-7-2-12(3-8-25)16-23-17(28-24-16)13-1-6-21-15(9-13)22-14-10-27-11-14/h1,6,9,12,14H,2-5,7-8,10-11H2,(H,21,22). The first-order valence-electron chi connectivity index (χ1n) is 9.73. The van der Waals surface area contributed by atoms with Crippen LogP contribution in [0.4, 0.5) is 10.2 Å². The van der Waals surface area contributed by atoms with Crippen LogP contribution in [0.25, 0.3) is 11.5 Å². The molecule has 9 heteroatoms. The molecule has 0 bridgehead atoms. The smallest absolute Gasteiger partial charge is 0.260 e. The van der Waals surface area contributed by atoms with Crippen molar-refractivity contribution in [2.45, 2.75) is 43.3 Å². The molecule has 2 aromatic heterocycles. The zero-order chi connectivity index (χ0) is 19.1. The van der Waals surface area contributed by atoms with Crippen LogP contribution in [-0.2, 0) is 9.53 Å². The van der Waals surface area contributed by atoms with Crippen LogP contribution in [-0.4, -0.2) is 63.9 Å². The van der Waals surface area contributed by atoms with Gasteiger partial charge in [0.15, 0.2) is 11.5 Å². The highest BCUT2D eigenvalue weighted by Gasteiger charge is 2.53. The molecule has 2 aromatic rings. The number of nitrogens with one attached hydrogen (secondary N) is 1. The molecule has 0 radical (unpaired) electrons. The van der Waals surface area contributed by atoms with E-state index in [9.17, 15) is 9.18 Å². The molecule has 2 aliphatic heterocycles. The second kappa shape index (κ2) is 6.80. The van der Waals surface area contributed by atoms with Crippen LogP contribution in [0, 0.1) is 0 Å². The summed E-state index contributed by atoms with van der Waals surface area (Å²) in [5.74, 6) is 1.60. The number of hydrogen-bond acceptors (Lipinski definition) is 7. The van der Waals surface area contributed by atoms with Gasteiger partial charge in [-0.05, 0) is 37.8 Å². The summed E-state index contributed by atoms with van der Waals surface area (Å²) in [6.45, 7) is 2.43. The van der Waals surface area contributed by atoms with E-state index in [4.69, 9.17) is 9.26 Å². The third kappa shape index (κ3) is 3.34. The largest absolute Gasteiger partial charge is 0.377 e. The van der Waals surface area contributed by atoms with Gasteiger partial charge >= 0.3 is 0 Å². The topological polar surface area (TPSA) is 93.4 Å². The average molecular weight is 387 g/mol. The molecule has 1 N–H and O–H groups in total. The minimum absolute atomic E-state index is 0.114. The summed E-state index contributed by atoms with van der Waals surface area (Å²) in [5, 5.41) is 7.44. The maximum Gasteiger partial charge on any atom is 0.260 e. The molecule has 28 heavy (non-hydrogen) atoms. The third-order valence-electron chi connectivity index (χ3n) is 5.66. The highest BCUT2D eigenvalue weighted by Crippen LogP contribution is 2.42. The lowest BCUT2D eigenvalue weighted by Crippen LogP contribution is -2.43. The van der Waals surface area contributed by atoms with Gasteiger partial charge in [0.1, 0.15) is 5.82 Å². The molecule has 1 aliphatic carbocycles. The number of anilines is 1. The Morgan fingerprint density at radius 1 is 1.29 bits per heavy atom. The number of ether oxygens (including phenoxy) is 1. The van der Waals surface area contributed by atoms with Crippen LogP contribution >= 0.6 is 0 Å². The minimum Gasteiger partial charge on any atom is -0.377 e. The molecular weight excluding hydrogens is 365 g/mol. The van der Waals surface area contributed by atoms with E-state index in [1.807, 2.05) is 12.1 Å². The van der Waals surface area contributed by atoms with Crippen molar-refractivity contribution in [3.8, 4) is 11.5 Å². The van der Waals surface area contributed by atoms with Gasteiger partial charge in [-0.15, -0.1) is 0 Å². The maximum absolute atomic E-state index is 14.0.